The molecule has 3 rings (SSSR count). The number of ether oxygens (including phenoxy) is 2. The van der Waals surface area contributed by atoms with E-state index in [-0.39, 0.29) is 18.2 Å². The smallest absolute Gasteiger partial charge is 0.471 e. The van der Waals surface area contributed by atoms with E-state index in [0.29, 0.717) is 17.4 Å². The number of halogens is 3. The first-order valence-corrected chi connectivity index (χ1v) is 9.13. The molecule has 0 fully saturated rings. The van der Waals surface area contributed by atoms with Gasteiger partial charge in [0.05, 0.1) is 0 Å². The monoisotopic (exact) mass is 419 g/mol. The highest BCUT2D eigenvalue weighted by Crippen LogP contribution is 2.24. The first kappa shape index (κ1) is 21.2. The van der Waals surface area contributed by atoms with Crippen LogP contribution in [0, 0.1) is 0 Å². The lowest BCUT2D eigenvalue weighted by atomic mass is 10.0. The molecular formula is C21H20F3N3O3. The van der Waals surface area contributed by atoms with Crippen molar-refractivity contribution in [2.24, 2.45) is 0 Å². The van der Waals surface area contributed by atoms with Gasteiger partial charge < -0.3 is 14.8 Å². The third-order valence-electron chi connectivity index (χ3n) is 4.13. The molecule has 1 amide bonds. The Kier molecular flexibility index (Phi) is 6.29. The zero-order chi connectivity index (χ0) is 21.7. The second-order valence-corrected chi connectivity index (χ2v) is 6.76. The minimum Gasteiger partial charge on any atom is -0.471 e. The second kappa shape index (κ2) is 8.89. The molecule has 1 heterocycles. The number of amides is 1. The summed E-state index contributed by atoms with van der Waals surface area (Å²) in [6, 6.07) is 14.1. The van der Waals surface area contributed by atoms with Gasteiger partial charge in [-0.25, -0.2) is 4.68 Å². The van der Waals surface area contributed by atoms with Crippen molar-refractivity contribution < 1.29 is 27.4 Å². The van der Waals surface area contributed by atoms with Crippen molar-refractivity contribution in [1.29, 1.82) is 0 Å². The topological polar surface area (TPSA) is 65.4 Å². The molecule has 1 aromatic heterocycles. The van der Waals surface area contributed by atoms with Gasteiger partial charge in [-0.05, 0) is 53.9 Å². The molecule has 30 heavy (non-hydrogen) atoms. The largest absolute Gasteiger partial charge is 0.573 e. The zero-order valence-corrected chi connectivity index (χ0v) is 16.3. The quantitative estimate of drug-likeness (QED) is 0.572. The Hall–Kier alpha value is -3.49. The van der Waals surface area contributed by atoms with Gasteiger partial charge in [0.15, 0.2) is 12.4 Å². The summed E-state index contributed by atoms with van der Waals surface area (Å²) in [4.78, 5) is 12.3. The first-order valence-electron chi connectivity index (χ1n) is 9.13. The van der Waals surface area contributed by atoms with Crippen molar-refractivity contribution in [3.8, 4) is 11.5 Å². The number of anilines is 1. The van der Waals surface area contributed by atoms with Gasteiger partial charge in [0.1, 0.15) is 11.5 Å². The highest BCUT2D eigenvalue weighted by molar-refractivity contribution is 6.02. The fourth-order valence-electron chi connectivity index (χ4n) is 2.58. The molecule has 1 N–H and O–H groups in total. The van der Waals surface area contributed by atoms with E-state index >= 15 is 0 Å². The van der Waals surface area contributed by atoms with Gasteiger partial charge in [-0.3, -0.25) is 4.79 Å². The Balaban J connectivity index is 1.54. The number of carbonyl (C=O) groups excluding carboxylic acids is 1. The van der Waals surface area contributed by atoms with E-state index in [4.69, 9.17) is 4.74 Å². The van der Waals surface area contributed by atoms with Gasteiger partial charge >= 0.3 is 6.36 Å². The van der Waals surface area contributed by atoms with Gasteiger partial charge in [-0.15, -0.1) is 13.2 Å². The van der Waals surface area contributed by atoms with E-state index in [1.807, 2.05) is 24.3 Å². The SMILES string of the molecule is CC(C)c1ccc(OCn2ccc(C(=O)Nc3ccc(OC(F)(F)F)cc3)n2)cc1. The number of nitrogens with zero attached hydrogens (tertiary/aromatic N) is 2. The van der Waals surface area contributed by atoms with Crippen molar-refractivity contribution >= 4 is 11.6 Å². The number of aromatic nitrogens is 2. The fourth-order valence-corrected chi connectivity index (χ4v) is 2.58. The van der Waals surface area contributed by atoms with E-state index in [1.165, 1.54) is 28.4 Å². The van der Waals surface area contributed by atoms with E-state index in [0.717, 1.165) is 12.1 Å². The zero-order valence-electron chi connectivity index (χ0n) is 16.3. The Morgan fingerprint density at radius 1 is 1.03 bits per heavy atom. The molecule has 3 aromatic rings. The van der Waals surface area contributed by atoms with Gasteiger partial charge in [0.25, 0.3) is 5.91 Å². The van der Waals surface area contributed by atoms with Gasteiger partial charge in [0, 0.05) is 11.9 Å². The molecule has 0 spiro atoms. The third kappa shape index (κ3) is 6.00. The minimum absolute atomic E-state index is 0.123. The van der Waals surface area contributed by atoms with Crippen LogP contribution in [-0.4, -0.2) is 22.1 Å². The molecule has 0 aliphatic heterocycles. The standard InChI is InChI=1S/C21H20F3N3O3/c1-14(2)15-3-7-17(8-4-15)29-13-27-12-11-19(26-27)20(28)25-16-5-9-18(10-6-16)30-21(22,23)24/h3-12,14H,13H2,1-2H3,(H,25,28). The number of carbonyl (C=O) groups is 1. The van der Waals surface area contributed by atoms with E-state index in [2.05, 4.69) is 29.0 Å². The number of hydrogen-bond acceptors (Lipinski definition) is 4. The normalized spacial score (nSPS) is 11.4. The van der Waals surface area contributed by atoms with E-state index in [9.17, 15) is 18.0 Å². The van der Waals surface area contributed by atoms with Gasteiger partial charge in [-0.2, -0.15) is 5.10 Å². The van der Waals surface area contributed by atoms with Crippen molar-refractivity contribution in [2.75, 3.05) is 5.32 Å². The molecule has 6 nitrogen and oxygen atoms in total. The Morgan fingerprint density at radius 2 is 1.67 bits per heavy atom. The number of hydrogen-bond donors (Lipinski definition) is 1. The number of nitrogens with one attached hydrogen (secondary N) is 1. The molecule has 0 unspecified atom stereocenters. The summed E-state index contributed by atoms with van der Waals surface area (Å²) in [6.07, 6.45) is -3.17. The third-order valence-corrected chi connectivity index (χ3v) is 4.13. The summed E-state index contributed by atoms with van der Waals surface area (Å²) in [6.45, 7) is 4.34. The summed E-state index contributed by atoms with van der Waals surface area (Å²) >= 11 is 0. The van der Waals surface area contributed by atoms with E-state index in [1.54, 1.807) is 6.20 Å². The summed E-state index contributed by atoms with van der Waals surface area (Å²) < 4.78 is 47.5. The predicted octanol–water partition coefficient (Wildman–Crippen LogP) is 5.19. The lowest BCUT2D eigenvalue weighted by Gasteiger charge is -2.09. The fraction of sp³-hybridized carbons (Fsp3) is 0.238. The van der Waals surface area contributed by atoms with Crippen LogP contribution < -0.4 is 14.8 Å². The number of rotatable bonds is 7. The Labute approximate surface area is 171 Å². The maximum absolute atomic E-state index is 12.3. The highest BCUT2D eigenvalue weighted by atomic mass is 19.4. The van der Waals surface area contributed by atoms with Crippen LogP contribution in [-0.2, 0) is 6.73 Å². The van der Waals surface area contributed by atoms with Crippen molar-refractivity contribution in [1.82, 2.24) is 9.78 Å². The molecule has 0 saturated heterocycles. The van der Waals surface area contributed by atoms with Crippen molar-refractivity contribution in [3.63, 3.8) is 0 Å². The van der Waals surface area contributed by atoms with Gasteiger partial charge in [-0.1, -0.05) is 26.0 Å². The van der Waals surface area contributed by atoms with Crippen molar-refractivity contribution in [3.05, 3.63) is 72.1 Å². The summed E-state index contributed by atoms with van der Waals surface area (Å²) in [5, 5.41) is 6.70. The van der Waals surface area contributed by atoms with Crippen LogP contribution in [0.5, 0.6) is 11.5 Å². The first-order chi connectivity index (χ1) is 14.2. The molecule has 2 aromatic carbocycles. The molecule has 0 aliphatic rings. The van der Waals surface area contributed by atoms with Crippen LogP contribution >= 0.6 is 0 Å². The maximum atomic E-state index is 12.3. The Bertz CT molecular complexity index is 981. The van der Waals surface area contributed by atoms with Gasteiger partial charge in [0.2, 0.25) is 0 Å². The maximum Gasteiger partial charge on any atom is 0.573 e. The highest BCUT2D eigenvalue weighted by Gasteiger charge is 2.31. The summed E-state index contributed by atoms with van der Waals surface area (Å²) in [5.41, 5.74) is 1.66. The average Bonchev–Trinajstić information content (AvgIpc) is 3.16. The van der Waals surface area contributed by atoms with Crippen LogP contribution in [0.2, 0.25) is 0 Å². The molecule has 9 heteroatoms. The lowest BCUT2D eigenvalue weighted by molar-refractivity contribution is -0.274. The predicted molar refractivity (Wildman–Crippen MR) is 104 cm³/mol. The number of alkyl halides is 3. The Morgan fingerprint density at radius 3 is 2.27 bits per heavy atom. The van der Waals surface area contributed by atoms with Crippen LogP contribution in [0.15, 0.2) is 60.8 Å². The molecular weight excluding hydrogens is 399 g/mol. The molecule has 0 saturated carbocycles. The average molecular weight is 419 g/mol. The molecule has 0 atom stereocenters. The summed E-state index contributed by atoms with van der Waals surface area (Å²) in [7, 11) is 0. The van der Waals surface area contributed by atoms with E-state index < -0.39 is 12.3 Å². The molecule has 0 bridgehead atoms. The van der Waals surface area contributed by atoms with Crippen LogP contribution in [0.1, 0.15) is 35.8 Å². The molecule has 0 radical (unpaired) electrons. The molecule has 158 valence electrons. The van der Waals surface area contributed by atoms with Crippen molar-refractivity contribution in [2.45, 2.75) is 32.9 Å². The minimum atomic E-state index is -4.77. The van der Waals surface area contributed by atoms with Crippen LogP contribution in [0.3, 0.4) is 0 Å². The second-order valence-electron chi connectivity index (χ2n) is 6.76. The van der Waals surface area contributed by atoms with Crippen LogP contribution in [0.4, 0.5) is 18.9 Å². The number of benzene rings is 2. The summed E-state index contributed by atoms with van der Waals surface area (Å²) in [5.74, 6) is 0.240. The molecule has 0 aliphatic carbocycles. The lowest BCUT2D eigenvalue weighted by Crippen LogP contribution is -2.17. The van der Waals surface area contributed by atoms with Crippen LogP contribution in [0.25, 0.3) is 0 Å².